The number of thiophene rings is 1. The van der Waals surface area contributed by atoms with Crippen molar-refractivity contribution in [3.05, 3.63) is 52.1 Å². The zero-order chi connectivity index (χ0) is 18.7. The Hall–Kier alpha value is -2.12. The molecule has 3 rings (SSSR count). The molecule has 1 unspecified atom stereocenters. The summed E-state index contributed by atoms with van der Waals surface area (Å²) in [5.74, 6) is 0.522. The van der Waals surface area contributed by atoms with Gasteiger partial charge in [0.25, 0.3) is 5.56 Å². The third kappa shape index (κ3) is 3.99. The van der Waals surface area contributed by atoms with Crippen molar-refractivity contribution in [1.82, 2.24) is 14.9 Å². The van der Waals surface area contributed by atoms with Crippen LogP contribution in [-0.2, 0) is 4.79 Å². The standard InChI is InChI=1S/C19H21N3O2S2/c1-12(2)13(3)20-16(23)11-26-19-21-15-9-10-25-17(15)18(24)22(19)14-7-5-4-6-8-14/h4-10,12-13H,11H2,1-3H3,(H,20,23). The molecule has 1 aromatic carbocycles. The second-order valence-electron chi connectivity index (χ2n) is 6.39. The first-order valence-electron chi connectivity index (χ1n) is 8.45. The molecule has 7 heteroatoms. The minimum Gasteiger partial charge on any atom is -0.353 e. The summed E-state index contributed by atoms with van der Waals surface area (Å²) >= 11 is 2.66. The number of nitrogens with one attached hydrogen (secondary N) is 1. The minimum absolute atomic E-state index is 0.0597. The summed E-state index contributed by atoms with van der Waals surface area (Å²) in [6.45, 7) is 6.12. The molecule has 0 aliphatic rings. The van der Waals surface area contributed by atoms with Gasteiger partial charge < -0.3 is 5.32 Å². The molecule has 2 aromatic heterocycles. The summed E-state index contributed by atoms with van der Waals surface area (Å²) in [5.41, 5.74) is 1.32. The molecule has 1 N–H and O–H groups in total. The molecular weight excluding hydrogens is 366 g/mol. The smallest absolute Gasteiger partial charge is 0.276 e. The van der Waals surface area contributed by atoms with Gasteiger partial charge in [-0.3, -0.25) is 14.2 Å². The van der Waals surface area contributed by atoms with Crippen LogP contribution >= 0.6 is 23.1 Å². The first kappa shape index (κ1) is 18.7. The maximum absolute atomic E-state index is 12.9. The largest absolute Gasteiger partial charge is 0.353 e. The number of para-hydroxylation sites is 1. The Kier molecular flexibility index (Phi) is 5.78. The monoisotopic (exact) mass is 387 g/mol. The lowest BCUT2D eigenvalue weighted by Crippen LogP contribution is -2.37. The molecule has 1 amide bonds. The number of rotatable bonds is 6. The number of amides is 1. The fourth-order valence-corrected chi connectivity index (χ4v) is 3.97. The van der Waals surface area contributed by atoms with E-state index in [-0.39, 0.29) is 23.3 Å². The van der Waals surface area contributed by atoms with Crippen LogP contribution < -0.4 is 10.9 Å². The van der Waals surface area contributed by atoms with Crippen LogP contribution in [0, 0.1) is 5.92 Å². The lowest BCUT2D eigenvalue weighted by atomic mass is 10.1. The van der Waals surface area contributed by atoms with Crippen molar-refractivity contribution in [3.63, 3.8) is 0 Å². The maximum atomic E-state index is 12.9. The highest BCUT2D eigenvalue weighted by molar-refractivity contribution is 7.99. The summed E-state index contributed by atoms with van der Waals surface area (Å²) in [6, 6.07) is 11.3. The van der Waals surface area contributed by atoms with E-state index in [1.54, 1.807) is 4.57 Å². The molecule has 0 bridgehead atoms. The predicted octanol–water partition coefficient (Wildman–Crippen LogP) is 3.70. The number of carbonyl (C=O) groups excluding carboxylic acids is 1. The van der Waals surface area contributed by atoms with Crippen LogP contribution in [0.4, 0.5) is 0 Å². The van der Waals surface area contributed by atoms with E-state index in [9.17, 15) is 9.59 Å². The van der Waals surface area contributed by atoms with Gasteiger partial charge in [-0.25, -0.2) is 4.98 Å². The second-order valence-corrected chi connectivity index (χ2v) is 8.25. The summed E-state index contributed by atoms with van der Waals surface area (Å²) in [4.78, 5) is 29.8. The molecule has 0 spiro atoms. The normalized spacial score (nSPS) is 12.5. The van der Waals surface area contributed by atoms with E-state index in [2.05, 4.69) is 24.1 Å². The van der Waals surface area contributed by atoms with Gasteiger partial charge in [0, 0.05) is 6.04 Å². The lowest BCUT2D eigenvalue weighted by Gasteiger charge is -2.17. The van der Waals surface area contributed by atoms with Gasteiger partial charge >= 0.3 is 0 Å². The summed E-state index contributed by atoms with van der Waals surface area (Å²) in [5, 5.41) is 5.37. The third-order valence-electron chi connectivity index (χ3n) is 4.18. The van der Waals surface area contributed by atoms with Crippen molar-refractivity contribution in [3.8, 4) is 5.69 Å². The average molecular weight is 388 g/mol. The SMILES string of the molecule is CC(C)C(C)NC(=O)CSc1nc2ccsc2c(=O)n1-c1ccccc1. The number of benzene rings is 1. The van der Waals surface area contributed by atoms with Gasteiger partial charge in [0.05, 0.1) is 17.0 Å². The second kappa shape index (κ2) is 8.05. The Balaban J connectivity index is 1.92. The molecule has 3 aromatic rings. The fraction of sp³-hybridized carbons (Fsp3) is 0.316. The van der Waals surface area contributed by atoms with Crippen molar-refractivity contribution in [1.29, 1.82) is 0 Å². The molecule has 136 valence electrons. The Bertz CT molecular complexity index is 964. The van der Waals surface area contributed by atoms with Gasteiger partial charge in [0.1, 0.15) is 4.70 Å². The van der Waals surface area contributed by atoms with Crippen molar-refractivity contribution in [2.24, 2.45) is 5.92 Å². The average Bonchev–Trinajstić information content (AvgIpc) is 3.09. The van der Waals surface area contributed by atoms with Crippen LogP contribution in [0.2, 0.25) is 0 Å². The van der Waals surface area contributed by atoms with E-state index in [4.69, 9.17) is 0 Å². The van der Waals surface area contributed by atoms with E-state index in [1.807, 2.05) is 48.7 Å². The number of hydrogen-bond acceptors (Lipinski definition) is 5. The molecule has 2 heterocycles. The number of thioether (sulfide) groups is 1. The molecule has 1 atom stereocenters. The van der Waals surface area contributed by atoms with E-state index in [0.717, 1.165) is 5.69 Å². The number of nitrogens with zero attached hydrogens (tertiary/aromatic N) is 2. The number of aromatic nitrogens is 2. The van der Waals surface area contributed by atoms with Crippen molar-refractivity contribution >= 4 is 39.2 Å². The van der Waals surface area contributed by atoms with Crippen LogP contribution in [0.25, 0.3) is 15.9 Å². The van der Waals surface area contributed by atoms with Crippen LogP contribution in [0.15, 0.2) is 51.7 Å². The zero-order valence-electron chi connectivity index (χ0n) is 14.9. The van der Waals surface area contributed by atoms with Gasteiger partial charge in [0.2, 0.25) is 5.91 Å². The third-order valence-corrected chi connectivity index (χ3v) is 6.01. The Morgan fingerprint density at radius 3 is 2.65 bits per heavy atom. The van der Waals surface area contributed by atoms with Crippen LogP contribution in [0.3, 0.4) is 0 Å². The molecule has 0 saturated carbocycles. The van der Waals surface area contributed by atoms with E-state index in [1.165, 1.54) is 23.1 Å². The molecule has 0 fully saturated rings. The first-order valence-corrected chi connectivity index (χ1v) is 10.3. The predicted molar refractivity (Wildman–Crippen MR) is 108 cm³/mol. The summed E-state index contributed by atoms with van der Waals surface area (Å²) < 4.78 is 2.21. The van der Waals surface area contributed by atoms with Gasteiger partial charge in [-0.05, 0) is 36.4 Å². The molecule has 0 saturated heterocycles. The highest BCUT2D eigenvalue weighted by Gasteiger charge is 2.16. The minimum atomic E-state index is -0.102. The van der Waals surface area contributed by atoms with E-state index >= 15 is 0 Å². The Morgan fingerprint density at radius 1 is 1.23 bits per heavy atom. The fourth-order valence-electron chi connectivity index (χ4n) is 2.39. The molecule has 26 heavy (non-hydrogen) atoms. The van der Waals surface area contributed by atoms with Gasteiger partial charge in [-0.2, -0.15) is 0 Å². The van der Waals surface area contributed by atoms with Crippen LogP contribution in [0.5, 0.6) is 0 Å². The van der Waals surface area contributed by atoms with Crippen LogP contribution in [-0.4, -0.2) is 27.3 Å². The van der Waals surface area contributed by atoms with Crippen molar-refractivity contribution in [2.75, 3.05) is 5.75 Å². The van der Waals surface area contributed by atoms with Gasteiger partial charge in [-0.15, -0.1) is 11.3 Å². The quantitative estimate of drug-likeness (QED) is 0.517. The highest BCUT2D eigenvalue weighted by Crippen LogP contribution is 2.23. The molecular formula is C19H21N3O2S2. The topological polar surface area (TPSA) is 64.0 Å². The maximum Gasteiger partial charge on any atom is 0.276 e. The molecule has 0 radical (unpaired) electrons. The summed E-state index contributed by atoms with van der Waals surface area (Å²) in [6.07, 6.45) is 0. The van der Waals surface area contributed by atoms with Gasteiger partial charge in [-0.1, -0.05) is 43.8 Å². The number of carbonyl (C=O) groups is 1. The summed E-state index contributed by atoms with van der Waals surface area (Å²) in [7, 11) is 0. The zero-order valence-corrected chi connectivity index (χ0v) is 16.6. The van der Waals surface area contributed by atoms with Crippen molar-refractivity contribution < 1.29 is 4.79 Å². The van der Waals surface area contributed by atoms with E-state index in [0.29, 0.717) is 21.3 Å². The Morgan fingerprint density at radius 2 is 1.96 bits per heavy atom. The molecule has 5 nitrogen and oxygen atoms in total. The Labute approximate surface area is 160 Å². The molecule has 0 aliphatic carbocycles. The van der Waals surface area contributed by atoms with Crippen molar-refractivity contribution in [2.45, 2.75) is 32.0 Å². The number of hydrogen-bond donors (Lipinski definition) is 1. The molecule has 0 aliphatic heterocycles. The van der Waals surface area contributed by atoms with Gasteiger partial charge in [0.15, 0.2) is 5.16 Å². The first-order chi connectivity index (χ1) is 12.5. The highest BCUT2D eigenvalue weighted by atomic mass is 32.2. The van der Waals surface area contributed by atoms with Crippen LogP contribution in [0.1, 0.15) is 20.8 Å². The number of fused-ring (bicyclic) bond motifs is 1. The van der Waals surface area contributed by atoms with E-state index < -0.39 is 0 Å². The lowest BCUT2D eigenvalue weighted by molar-refractivity contribution is -0.119.